The quantitative estimate of drug-likeness (QED) is 0.338. The van der Waals surface area contributed by atoms with Crippen molar-refractivity contribution in [2.75, 3.05) is 0 Å². The van der Waals surface area contributed by atoms with Crippen molar-refractivity contribution in [1.29, 1.82) is 0 Å². The third-order valence-electron chi connectivity index (χ3n) is 4.00. The summed E-state index contributed by atoms with van der Waals surface area (Å²) < 4.78 is 3.73. The number of halogens is 1. The molecule has 4 rings (SSSR count). The molecule has 9 heteroatoms. The fourth-order valence-electron chi connectivity index (χ4n) is 2.70. The van der Waals surface area contributed by atoms with Crippen LogP contribution in [-0.4, -0.2) is 35.0 Å². The van der Waals surface area contributed by atoms with E-state index >= 15 is 0 Å². The van der Waals surface area contributed by atoms with E-state index in [1.54, 1.807) is 4.68 Å². The van der Waals surface area contributed by atoms with E-state index in [9.17, 15) is 0 Å². The van der Waals surface area contributed by atoms with Crippen LogP contribution < -0.4 is 0 Å². The average molecular weight is 410 g/mol. The second-order valence-corrected chi connectivity index (χ2v) is 7.22. The van der Waals surface area contributed by atoms with Gasteiger partial charge in [-0.3, -0.25) is 4.57 Å². The van der Waals surface area contributed by atoms with E-state index in [-0.39, 0.29) is 0 Å². The molecule has 0 spiro atoms. The molecule has 0 N–H and O–H groups in total. The Morgan fingerprint density at radius 2 is 1.79 bits per heavy atom. The van der Waals surface area contributed by atoms with Gasteiger partial charge in [0.05, 0.1) is 11.4 Å². The standard InChI is InChI=1S/C19H16ClN7S/c1-2-12-26-18(14-8-10-15(20)11-9-14)22-23-19(26)28-13-17-21-24-25-27(17)16-6-4-3-5-7-16/h2-11H,1,12-13H2. The van der Waals surface area contributed by atoms with Gasteiger partial charge in [-0.25, -0.2) is 0 Å². The maximum Gasteiger partial charge on any atom is 0.192 e. The van der Waals surface area contributed by atoms with Crippen LogP contribution in [0.2, 0.25) is 5.02 Å². The fraction of sp³-hybridized carbons (Fsp3) is 0.105. The van der Waals surface area contributed by atoms with Crippen LogP contribution in [-0.2, 0) is 12.3 Å². The van der Waals surface area contributed by atoms with Crippen molar-refractivity contribution in [3.05, 3.63) is 78.1 Å². The number of hydrogen-bond acceptors (Lipinski definition) is 6. The lowest BCUT2D eigenvalue weighted by molar-refractivity contribution is 0.729. The van der Waals surface area contributed by atoms with Gasteiger partial charge in [0.1, 0.15) is 0 Å². The molecule has 0 saturated heterocycles. The number of rotatable bonds is 7. The highest BCUT2D eigenvalue weighted by molar-refractivity contribution is 7.98. The summed E-state index contributed by atoms with van der Waals surface area (Å²) in [5.74, 6) is 2.05. The Hall–Kier alpha value is -2.97. The predicted molar refractivity (Wildman–Crippen MR) is 109 cm³/mol. The second kappa shape index (κ2) is 8.37. The Balaban J connectivity index is 1.59. The first-order chi connectivity index (χ1) is 13.8. The maximum atomic E-state index is 5.99. The fourth-order valence-corrected chi connectivity index (χ4v) is 3.68. The van der Waals surface area contributed by atoms with Crippen molar-refractivity contribution < 1.29 is 0 Å². The lowest BCUT2D eigenvalue weighted by Gasteiger charge is -2.08. The number of allylic oxidation sites excluding steroid dienone is 1. The van der Waals surface area contributed by atoms with Crippen molar-refractivity contribution in [3.8, 4) is 17.1 Å². The van der Waals surface area contributed by atoms with Gasteiger partial charge in [0.15, 0.2) is 16.8 Å². The van der Waals surface area contributed by atoms with Gasteiger partial charge in [-0.1, -0.05) is 47.6 Å². The molecule has 2 aromatic heterocycles. The summed E-state index contributed by atoms with van der Waals surface area (Å²) in [5, 5.41) is 22.2. The molecule has 4 aromatic rings. The second-order valence-electron chi connectivity index (χ2n) is 5.84. The normalized spacial score (nSPS) is 10.9. The van der Waals surface area contributed by atoms with E-state index in [1.807, 2.05) is 65.2 Å². The highest BCUT2D eigenvalue weighted by Gasteiger charge is 2.16. The molecule has 0 aliphatic rings. The summed E-state index contributed by atoms with van der Waals surface area (Å²) in [5.41, 5.74) is 1.86. The third-order valence-corrected chi connectivity index (χ3v) is 5.21. The Morgan fingerprint density at radius 1 is 1.00 bits per heavy atom. The van der Waals surface area contributed by atoms with Gasteiger partial charge in [-0.05, 0) is 46.8 Å². The molecule has 0 atom stereocenters. The van der Waals surface area contributed by atoms with E-state index in [4.69, 9.17) is 11.6 Å². The van der Waals surface area contributed by atoms with E-state index in [1.165, 1.54) is 11.8 Å². The zero-order valence-corrected chi connectivity index (χ0v) is 16.4. The monoisotopic (exact) mass is 409 g/mol. The molecule has 0 saturated carbocycles. The molecule has 0 fully saturated rings. The number of hydrogen-bond donors (Lipinski definition) is 0. The van der Waals surface area contributed by atoms with Crippen molar-refractivity contribution >= 4 is 23.4 Å². The minimum Gasteiger partial charge on any atom is -0.298 e. The summed E-state index contributed by atoms with van der Waals surface area (Å²) in [6, 6.07) is 17.3. The molecule has 0 unspecified atom stereocenters. The van der Waals surface area contributed by atoms with Crippen LogP contribution in [0.25, 0.3) is 17.1 Å². The summed E-state index contributed by atoms with van der Waals surface area (Å²) in [6.07, 6.45) is 1.82. The van der Waals surface area contributed by atoms with Gasteiger partial charge < -0.3 is 0 Å². The lowest BCUT2D eigenvalue weighted by atomic mass is 10.2. The molecular formula is C19H16ClN7S. The summed E-state index contributed by atoms with van der Waals surface area (Å²) in [6.45, 7) is 4.44. The van der Waals surface area contributed by atoms with Crippen LogP contribution in [0.5, 0.6) is 0 Å². The Kier molecular flexibility index (Phi) is 5.50. The molecule has 0 aliphatic heterocycles. The molecule has 140 valence electrons. The van der Waals surface area contributed by atoms with Crippen LogP contribution >= 0.6 is 23.4 Å². The molecule has 2 heterocycles. The maximum absolute atomic E-state index is 5.99. The Bertz CT molecular complexity index is 1070. The van der Waals surface area contributed by atoms with Crippen molar-refractivity contribution in [2.24, 2.45) is 0 Å². The first-order valence-electron chi connectivity index (χ1n) is 8.52. The average Bonchev–Trinajstić information content (AvgIpc) is 3.35. The van der Waals surface area contributed by atoms with Crippen LogP contribution in [0.3, 0.4) is 0 Å². The molecule has 28 heavy (non-hydrogen) atoms. The van der Waals surface area contributed by atoms with Crippen molar-refractivity contribution in [1.82, 2.24) is 35.0 Å². The van der Waals surface area contributed by atoms with Gasteiger partial charge in [-0.2, -0.15) is 4.68 Å². The van der Waals surface area contributed by atoms with Gasteiger partial charge in [0.2, 0.25) is 0 Å². The zero-order valence-electron chi connectivity index (χ0n) is 14.8. The number of aromatic nitrogens is 7. The smallest absolute Gasteiger partial charge is 0.192 e. The minimum atomic E-state index is 0.553. The number of nitrogens with zero attached hydrogens (tertiary/aromatic N) is 7. The van der Waals surface area contributed by atoms with Crippen LogP contribution in [0.4, 0.5) is 0 Å². The molecule has 7 nitrogen and oxygen atoms in total. The van der Waals surface area contributed by atoms with E-state index in [0.29, 0.717) is 17.3 Å². The largest absolute Gasteiger partial charge is 0.298 e. The van der Waals surface area contributed by atoms with Gasteiger partial charge in [-0.15, -0.1) is 21.9 Å². The van der Waals surface area contributed by atoms with Gasteiger partial charge in [0.25, 0.3) is 0 Å². The third kappa shape index (κ3) is 3.83. The minimum absolute atomic E-state index is 0.553. The molecular weight excluding hydrogens is 394 g/mol. The van der Waals surface area contributed by atoms with Gasteiger partial charge in [0, 0.05) is 17.1 Å². The van der Waals surface area contributed by atoms with Gasteiger partial charge >= 0.3 is 0 Å². The molecule has 2 aromatic carbocycles. The molecule has 0 amide bonds. The van der Waals surface area contributed by atoms with Crippen LogP contribution in [0.1, 0.15) is 5.82 Å². The highest BCUT2D eigenvalue weighted by Crippen LogP contribution is 2.27. The SMILES string of the molecule is C=CCn1c(SCc2nnnn2-c2ccccc2)nnc1-c1ccc(Cl)cc1. The summed E-state index contributed by atoms with van der Waals surface area (Å²) in [7, 11) is 0. The van der Waals surface area contributed by atoms with Crippen molar-refractivity contribution in [2.45, 2.75) is 17.5 Å². The van der Waals surface area contributed by atoms with E-state index in [2.05, 4.69) is 32.3 Å². The molecule has 0 aliphatic carbocycles. The summed E-state index contributed by atoms with van der Waals surface area (Å²) >= 11 is 7.52. The van der Waals surface area contributed by atoms with Crippen LogP contribution in [0.15, 0.2) is 72.4 Å². The molecule has 0 bridgehead atoms. The first kappa shape index (κ1) is 18.4. The zero-order chi connectivity index (χ0) is 19.3. The predicted octanol–water partition coefficient (Wildman–Crippen LogP) is 4.05. The van der Waals surface area contributed by atoms with E-state index in [0.717, 1.165) is 28.1 Å². The number of para-hydroxylation sites is 1. The Labute approximate surface area is 171 Å². The summed E-state index contributed by atoms with van der Waals surface area (Å²) in [4.78, 5) is 0. The van der Waals surface area contributed by atoms with Crippen molar-refractivity contribution in [3.63, 3.8) is 0 Å². The number of tetrazole rings is 1. The first-order valence-corrected chi connectivity index (χ1v) is 9.88. The lowest BCUT2D eigenvalue weighted by Crippen LogP contribution is -2.04. The van der Waals surface area contributed by atoms with E-state index < -0.39 is 0 Å². The molecule has 0 radical (unpaired) electrons. The topological polar surface area (TPSA) is 74.3 Å². The van der Waals surface area contributed by atoms with Crippen LogP contribution in [0, 0.1) is 0 Å². The Morgan fingerprint density at radius 3 is 2.54 bits per heavy atom. The highest BCUT2D eigenvalue weighted by atomic mass is 35.5. The number of benzene rings is 2. The number of thioether (sulfide) groups is 1.